The van der Waals surface area contributed by atoms with Gasteiger partial charge in [0.05, 0.1) is 24.0 Å². The fourth-order valence-corrected chi connectivity index (χ4v) is 4.36. The molecule has 8 heteroatoms. The number of imide groups is 1. The second-order valence-electron chi connectivity index (χ2n) is 7.77. The summed E-state index contributed by atoms with van der Waals surface area (Å²) in [6.07, 6.45) is -1.10. The molecule has 2 aliphatic rings. The van der Waals surface area contributed by atoms with Crippen LogP contribution in [0.3, 0.4) is 0 Å². The van der Waals surface area contributed by atoms with Crippen molar-refractivity contribution in [3.8, 4) is 5.75 Å². The minimum Gasteiger partial charge on any atom is -0.494 e. The zero-order chi connectivity index (χ0) is 23.1. The van der Waals surface area contributed by atoms with Crippen LogP contribution in [0.1, 0.15) is 18.5 Å². The molecule has 0 unspecified atom stereocenters. The average molecular weight is 450 g/mol. The third-order valence-corrected chi connectivity index (χ3v) is 5.82. The molecule has 3 aromatic carbocycles. The van der Waals surface area contributed by atoms with Crippen molar-refractivity contribution in [2.75, 3.05) is 16.6 Å². The van der Waals surface area contributed by atoms with Crippen LogP contribution in [0.15, 0.2) is 72.8 Å². The monoisotopic (exact) mass is 450 g/mol. The molecule has 2 aliphatic heterocycles. The highest BCUT2D eigenvalue weighted by Gasteiger charge is 2.60. The first-order chi connectivity index (χ1) is 16.0. The third kappa shape index (κ3) is 3.52. The number of carbonyl (C=O) groups excluding carboxylic acids is 2. The SMILES string of the molecule is CCOc1ccc(N2C(=O)[C@H]3[C@@H](ON(c4ccccc4)[C@H]3c3ccc(F)c(F)c3)C2=O)cc1. The van der Waals surface area contributed by atoms with Crippen molar-refractivity contribution in [3.05, 3.63) is 90.0 Å². The number of ether oxygens (including phenoxy) is 1. The van der Waals surface area contributed by atoms with E-state index in [1.54, 1.807) is 48.5 Å². The Morgan fingerprint density at radius 2 is 1.61 bits per heavy atom. The van der Waals surface area contributed by atoms with Gasteiger partial charge < -0.3 is 4.74 Å². The van der Waals surface area contributed by atoms with Gasteiger partial charge in [-0.25, -0.2) is 18.7 Å². The number of benzene rings is 3. The number of rotatable bonds is 5. The van der Waals surface area contributed by atoms with Crippen molar-refractivity contribution in [1.82, 2.24) is 0 Å². The van der Waals surface area contributed by atoms with Crippen molar-refractivity contribution < 1.29 is 27.9 Å². The molecular weight excluding hydrogens is 430 g/mol. The van der Waals surface area contributed by atoms with Crippen LogP contribution in [0.5, 0.6) is 5.75 Å². The summed E-state index contributed by atoms with van der Waals surface area (Å²) < 4.78 is 33.2. The normalized spacial score (nSPS) is 22.1. The lowest BCUT2D eigenvalue weighted by Gasteiger charge is -2.28. The fourth-order valence-electron chi connectivity index (χ4n) is 4.36. The molecule has 33 heavy (non-hydrogen) atoms. The molecule has 2 fully saturated rings. The molecular formula is C25H20F2N2O4. The molecule has 0 bridgehead atoms. The largest absolute Gasteiger partial charge is 0.494 e. The second-order valence-corrected chi connectivity index (χ2v) is 7.77. The summed E-state index contributed by atoms with van der Waals surface area (Å²) in [5.74, 6) is -3.34. The number of anilines is 2. The van der Waals surface area contributed by atoms with E-state index in [1.807, 2.05) is 13.0 Å². The number of hydrogen-bond acceptors (Lipinski definition) is 5. The van der Waals surface area contributed by atoms with Gasteiger partial charge in [-0.3, -0.25) is 14.4 Å². The maximum absolute atomic E-state index is 14.1. The van der Waals surface area contributed by atoms with Crippen molar-refractivity contribution in [1.29, 1.82) is 0 Å². The zero-order valence-corrected chi connectivity index (χ0v) is 17.7. The van der Waals surface area contributed by atoms with E-state index in [-0.39, 0.29) is 0 Å². The van der Waals surface area contributed by atoms with Gasteiger partial charge in [0.15, 0.2) is 17.7 Å². The van der Waals surface area contributed by atoms with Crippen molar-refractivity contribution in [2.24, 2.45) is 5.92 Å². The lowest BCUT2D eigenvalue weighted by atomic mass is 9.90. The van der Waals surface area contributed by atoms with Crippen molar-refractivity contribution >= 4 is 23.2 Å². The summed E-state index contributed by atoms with van der Waals surface area (Å²) in [5.41, 5.74) is 1.32. The van der Waals surface area contributed by atoms with Gasteiger partial charge in [-0.15, -0.1) is 0 Å². The van der Waals surface area contributed by atoms with Crippen molar-refractivity contribution in [2.45, 2.75) is 19.1 Å². The molecule has 3 aromatic rings. The number of fused-ring (bicyclic) bond motifs is 1. The van der Waals surface area contributed by atoms with E-state index in [9.17, 15) is 18.4 Å². The molecule has 2 saturated heterocycles. The predicted molar refractivity (Wildman–Crippen MR) is 116 cm³/mol. The lowest BCUT2D eigenvalue weighted by Crippen LogP contribution is -2.37. The Balaban J connectivity index is 1.55. The molecule has 5 rings (SSSR count). The zero-order valence-electron chi connectivity index (χ0n) is 17.7. The maximum atomic E-state index is 14.1. The summed E-state index contributed by atoms with van der Waals surface area (Å²) in [6.45, 7) is 2.35. The van der Waals surface area contributed by atoms with Crippen LogP contribution in [0, 0.1) is 17.6 Å². The summed E-state index contributed by atoms with van der Waals surface area (Å²) >= 11 is 0. The molecule has 6 nitrogen and oxygen atoms in total. The lowest BCUT2D eigenvalue weighted by molar-refractivity contribution is -0.126. The summed E-state index contributed by atoms with van der Waals surface area (Å²) in [4.78, 5) is 33.9. The highest BCUT2D eigenvalue weighted by molar-refractivity contribution is 6.23. The van der Waals surface area contributed by atoms with Crippen molar-refractivity contribution in [3.63, 3.8) is 0 Å². The van der Waals surface area contributed by atoms with E-state index in [2.05, 4.69) is 0 Å². The molecule has 0 N–H and O–H groups in total. The molecule has 0 aliphatic carbocycles. The minimum absolute atomic E-state index is 0.333. The first-order valence-corrected chi connectivity index (χ1v) is 10.6. The number of para-hydroxylation sites is 1. The first-order valence-electron chi connectivity index (χ1n) is 10.6. The average Bonchev–Trinajstić information content (AvgIpc) is 3.33. The Hall–Kier alpha value is -3.78. The molecule has 0 spiro atoms. The van der Waals surface area contributed by atoms with Gasteiger partial charge in [0.1, 0.15) is 11.7 Å². The molecule has 0 saturated carbocycles. The number of hydrogen-bond donors (Lipinski definition) is 0. The number of nitrogens with zero attached hydrogens (tertiary/aromatic N) is 2. The van der Waals surface area contributed by atoms with E-state index in [0.29, 0.717) is 29.3 Å². The van der Waals surface area contributed by atoms with Gasteiger partial charge in [-0.1, -0.05) is 24.3 Å². The van der Waals surface area contributed by atoms with E-state index in [1.165, 1.54) is 11.1 Å². The van der Waals surface area contributed by atoms with Crippen LogP contribution in [-0.4, -0.2) is 24.5 Å². The predicted octanol–water partition coefficient (Wildman–Crippen LogP) is 4.41. The van der Waals surface area contributed by atoms with Crippen LogP contribution >= 0.6 is 0 Å². The highest BCUT2D eigenvalue weighted by atomic mass is 19.2. The number of halogens is 2. The first kappa shape index (κ1) is 21.1. The smallest absolute Gasteiger partial charge is 0.266 e. The van der Waals surface area contributed by atoms with Gasteiger partial charge in [-0.05, 0) is 61.0 Å². The number of amides is 2. The minimum atomic E-state index is -1.10. The standard InChI is InChI=1S/C25H20F2N2O4/c1-2-32-18-11-9-16(10-12-18)28-24(30)21-22(15-8-13-19(26)20(27)14-15)29(33-23(21)25(28)31)17-6-4-3-5-7-17/h3-14,21-23H,2H2,1H3/t21-,22+,23-/m1/s1. The molecule has 3 atom stereocenters. The molecule has 168 valence electrons. The van der Waals surface area contributed by atoms with E-state index in [4.69, 9.17) is 9.57 Å². The van der Waals surface area contributed by atoms with Gasteiger partial charge in [0.2, 0.25) is 5.91 Å². The van der Waals surface area contributed by atoms with Gasteiger partial charge in [0, 0.05) is 0 Å². The Morgan fingerprint density at radius 1 is 0.879 bits per heavy atom. The fraction of sp³-hybridized carbons (Fsp3) is 0.200. The number of hydroxylamine groups is 1. The second kappa shape index (κ2) is 8.29. The summed E-state index contributed by atoms with van der Waals surface area (Å²) in [5, 5.41) is 1.44. The van der Waals surface area contributed by atoms with Crippen LogP contribution in [0.4, 0.5) is 20.2 Å². The number of carbonyl (C=O) groups is 2. The van der Waals surface area contributed by atoms with E-state index in [0.717, 1.165) is 17.0 Å². The summed E-state index contributed by atoms with van der Waals surface area (Å²) in [6, 6.07) is 18.1. The Morgan fingerprint density at radius 3 is 2.27 bits per heavy atom. The van der Waals surface area contributed by atoms with Crippen LogP contribution in [0.25, 0.3) is 0 Å². The van der Waals surface area contributed by atoms with E-state index >= 15 is 0 Å². The molecule has 2 amide bonds. The molecule has 2 heterocycles. The highest BCUT2D eigenvalue weighted by Crippen LogP contribution is 2.47. The topological polar surface area (TPSA) is 59.1 Å². The van der Waals surface area contributed by atoms with Crippen LogP contribution in [-0.2, 0) is 14.4 Å². The Bertz CT molecular complexity index is 1200. The molecule has 0 radical (unpaired) electrons. The van der Waals surface area contributed by atoms with Crippen LogP contribution < -0.4 is 14.7 Å². The summed E-state index contributed by atoms with van der Waals surface area (Å²) in [7, 11) is 0. The Kier molecular flexibility index (Phi) is 5.30. The van der Waals surface area contributed by atoms with E-state index < -0.39 is 41.5 Å². The van der Waals surface area contributed by atoms with Gasteiger partial charge >= 0.3 is 0 Å². The van der Waals surface area contributed by atoms with Gasteiger partial charge in [0.25, 0.3) is 5.91 Å². The molecule has 0 aromatic heterocycles. The third-order valence-electron chi connectivity index (χ3n) is 5.82. The van der Waals surface area contributed by atoms with Gasteiger partial charge in [-0.2, -0.15) is 0 Å². The van der Waals surface area contributed by atoms with Crippen LogP contribution in [0.2, 0.25) is 0 Å². The quantitative estimate of drug-likeness (QED) is 0.539. The Labute approximate surface area is 188 Å². The maximum Gasteiger partial charge on any atom is 0.266 e.